The number of rotatable bonds is 5. The predicted octanol–water partition coefficient (Wildman–Crippen LogP) is 2.91. The highest BCUT2D eigenvalue weighted by atomic mass is 35.5. The number of ether oxygens (including phenoxy) is 1. The lowest BCUT2D eigenvalue weighted by atomic mass is 9.99. The lowest BCUT2D eigenvalue weighted by molar-refractivity contribution is -0.153. The second kappa shape index (κ2) is 7.87. The number of alkyl halides is 3. The number of hydrogen-bond donors (Lipinski definition) is 2. The smallest absolute Gasteiger partial charge is 0.422 e. The van der Waals surface area contributed by atoms with Crippen LogP contribution < -0.4 is 15.4 Å². The Morgan fingerprint density at radius 3 is 2.76 bits per heavy atom. The molecule has 0 radical (unpaired) electrons. The highest BCUT2D eigenvalue weighted by molar-refractivity contribution is 6.31. The van der Waals surface area contributed by atoms with Crippen molar-refractivity contribution >= 4 is 29.2 Å². The van der Waals surface area contributed by atoms with Crippen LogP contribution >= 0.6 is 11.6 Å². The molecule has 3 aromatic rings. The minimum atomic E-state index is -4.49. The van der Waals surface area contributed by atoms with Crippen molar-refractivity contribution in [1.29, 1.82) is 0 Å². The van der Waals surface area contributed by atoms with Gasteiger partial charge in [-0.15, -0.1) is 0 Å². The Bertz CT molecular complexity index is 1260. The molecular formula is C20H16ClF3N6O3. The quantitative estimate of drug-likeness (QED) is 0.581. The fourth-order valence-electron chi connectivity index (χ4n) is 3.95. The van der Waals surface area contributed by atoms with Crippen molar-refractivity contribution in [3.63, 3.8) is 0 Å². The summed E-state index contributed by atoms with van der Waals surface area (Å²) < 4.78 is 44.0. The number of imide groups is 1. The lowest BCUT2D eigenvalue weighted by Crippen LogP contribution is -2.51. The standard InChI is InChI=1S/C20H16ClF3N6O3/c21-13-7-26-14(5-16(13)33-8-20(22,23)24)10-3-9(10)11-4-15(29-30-2-1-25-17(11)30)12-6-27-19(32)28-18(12)31/h1-2,4-5,7,9-10,12H,3,6,8H2,(H2,27,28,31,32)/t9-,10-,12?/m0/s1. The van der Waals surface area contributed by atoms with Crippen LogP contribution in [0.1, 0.15) is 41.1 Å². The molecule has 172 valence electrons. The number of carbonyl (C=O) groups excluding carboxylic acids is 2. The van der Waals surface area contributed by atoms with E-state index < -0.39 is 30.6 Å². The third kappa shape index (κ3) is 4.30. The number of halogens is 4. The monoisotopic (exact) mass is 480 g/mol. The summed E-state index contributed by atoms with van der Waals surface area (Å²) in [5.74, 6) is -1.33. The van der Waals surface area contributed by atoms with Gasteiger partial charge in [0.25, 0.3) is 0 Å². The van der Waals surface area contributed by atoms with E-state index in [-0.39, 0.29) is 29.2 Å². The SMILES string of the molecule is O=C1NCC(c2cc([C@H]3C[C@@H]3c3cc(OCC(F)(F)F)c(Cl)cn3)c3nccn3n2)C(=O)N1. The third-order valence-electron chi connectivity index (χ3n) is 5.59. The Balaban J connectivity index is 1.43. The maximum Gasteiger partial charge on any atom is 0.422 e. The second-order valence-corrected chi connectivity index (χ2v) is 8.27. The molecule has 4 heterocycles. The number of hydrogen-bond acceptors (Lipinski definition) is 6. The molecule has 2 aliphatic rings. The zero-order chi connectivity index (χ0) is 23.3. The molecule has 1 unspecified atom stereocenters. The van der Waals surface area contributed by atoms with Crippen molar-refractivity contribution in [3.05, 3.63) is 52.7 Å². The normalized spacial score (nSPS) is 22.7. The van der Waals surface area contributed by atoms with Gasteiger partial charge in [0.1, 0.15) is 10.8 Å². The van der Waals surface area contributed by atoms with E-state index >= 15 is 0 Å². The van der Waals surface area contributed by atoms with Gasteiger partial charge >= 0.3 is 12.2 Å². The summed E-state index contributed by atoms with van der Waals surface area (Å²) >= 11 is 5.95. The highest BCUT2D eigenvalue weighted by Crippen LogP contribution is 2.55. The summed E-state index contributed by atoms with van der Waals surface area (Å²) in [6, 6.07) is 2.65. The van der Waals surface area contributed by atoms with Crippen LogP contribution in [0.4, 0.5) is 18.0 Å². The average Bonchev–Trinajstić information content (AvgIpc) is 3.40. The predicted molar refractivity (Wildman–Crippen MR) is 108 cm³/mol. The summed E-state index contributed by atoms with van der Waals surface area (Å²) in [6.07, 6.45) is 0.699. The Morgan fingerprint density at radius 1 is 1.18 bits per heavy atom. The molecule has 0 bridgehead atoms. The maximum atomic E-state index is 12.5. The summed E-state index contributed by atoms with van der Waals surface area (Å²) in [6.45, 7) is -1.34. The van der Waals surface area contributed by atoms with Crippen LogP contribution in [0.3, 0.4) is 0 Å². The van der Waals surface area contributed by atoms with Crippen LogP contribution in [0.5, 0.6) is 5.75 Å². The van der Waals surface area contributed by atoms with Crippen molar-refractivity contribution in [2.75, 3.05) is 13.2 Å². The van der Waals surface area contributed by atoms with Crippen LogP contribution in [-0.4, -0.2) is 50.8 Å². The Hall–Kier alpha value is -3.41. The zero-order valence-corrected chi connectivity index (χ0v) is 17.5. The maximum absolute atomic E-state index is 12.5. The number of nitrogens with zero attached hydrogens (tertiary/aromatic N) is 4. The molecule has 1 saturated carbocycles. The Labute approximate surface area is 189 Å². The molecule has 3 amide bonds. The van der Waals surface area contributed by atoms with E-state index in [0.717, 1.165) is 5.56 Å². The number of nitrogens with one attached hydrogen (secondary N) is 2. The molecule has 1 saturated heterocycles. The largest absolute Gasteiger partial charge is 0.482 e. The molecule has 1 aliphatic heterocycles. The van der Waals surface area contributed by atoms with Gasteiger partial charge in [0.2, 0.25) is 5.91 Å². The van der Waals surface area contributed by atoms with E-state index in [1.165, 1.54) is 12.3 Å². The van der Waals surface area contributed by atoms with E-state index in [1.54, 1.807) is 23.0 Å². The van der Waals surface area contributed by atoms with Gasteiger partial charge in [-0.25, -0.2) is 14.3 Å². The minimum absolute atomic E-state index is 0.00703. The molecule has 1 aliphatic carbocycles. The van der Waals surface area contributed by atoms with Crippen molar-refractivity contribution in [1.82, 2.24) is 30.2 Å². The van der Waals surface area contributed by atoms with E-state index in [2.05, 4.69) is 25.7 Å². The second-order valence-electron chi connectivity index (χ2n) is 7.86. The van der Waals surface area contributed by atoms with Gasteiger partial charge in [0.15, 0.2) is 12.3 Å². The van der Waals surface area contributed by atoms with Crippen LogP contribution in [0.25, 0.3) is 5.65 Å². The topological polar surface area (TPSA) is 111 Å². The van der Waals surface area contributed by atoms with Gasteiger partial charge in [0, 0.05) is 48.4 Å². The first kappa shape index (κ1) is 21.4. The summed E-state index contributed by atoms with van der Waals surface area (Å²) in [7, 11) is 0. The van der Waals surface area contributed by atoms with E-state index in [0.29, 0.717) is 23.5 Å². The molecule has 33 heavy (non-hydrogen) atoms. The molecule has 13 heteroatoms. The first-order chi connectivity index (χ1) is 15.7. The third-order valence-corrected chi connectivity index (χ3v) is 5.87. The molecule has 3 atom stereocenters. The summed E-state index contributed by atoms with van der Waals surface area (Å²) in [5.41, 5.74) is 2.45. The van der Waals surface area contributed by atoms with Crippen LogP contribution in [-0.2, 0) is 4.79 Å². The van der Waals surface area contributed by atoms with Crippen molar-refractivity contribution in [2.24, 2.45) is 0 Å². The summed E-state index contributed by atoms with van der Waals surface area (Å²) in [5, 5.41) is 9.27. The van der Waals surface area contributed by atoms with Gasteiger partial charge in [-0.05, 0) is 18.4 Å². The molecule has 0 spiro atoms. The van der Waals surface area contributed by atoms with E-state index in [1.807, 2.05) is 0 Å². The highest BCUT2D eigenvalue weighted by Gasteiger charge is 2.43. The molecule has 0 aromatic carbocycles. The Kier molecular flexibility index (Phi) is 5.11. The van der Waals surface area contributed by atoms with Crippen molar-refractivity contribution < 1.29 is 27.5 Å². The van der Waals surface area contributed by atoms with Gasteiger partial charge in [-0.1, -0.05) is 11.6 Å². The number of urea groups is 1. The zero-order valence-electron chi connectivity index (χ0n) is 16.8. The fourth-order valence-corrected chi connectivity index (χ4v) is 4.11. The van der Waals surface area contributed by atoms with Crippen LogP contribution in [0.2, 0.25) is 5.02 Å². The van der Waals surface area contributed by atoms with Gasteiger partial charge < -0.3 is 10.1 Å². The van der Waals surface area contributed by atoms with Crippen molar-refractivity contribution in [3.8, 4) is 5.75 Å². The van der Waals surface area contributed by atoms with E-state index in [9.17, 15) is 22.8 Å². The van der Waals surface area contributed by atoms with Crippen molar-refractivity contribution in [2.45, 2.75) is 30.4 Å². The number of pyridine rings is 1. The minimum Gasteiger partial charge on any atom is -0.482 e. The first-order valence-corrected chi connectivity index (χ1v) is 10.4. The lowest BCUT2D eigenvalue weighted by Gasteiger charge is -2.22. The summed E-state index contributed by atoms with van der Waals surface area (Å²) in [4.78, 5) is 32.3. The first-order valence-electron chi connectivity index (χ1n) is 9.97. The molecule has 2 fully saturated rings. The number of amides is 3. The molecule has 9 nitrogen and oxygen atoms in total. The molecule has 3 aromatic heterocycles. The fraction of sp³-hybridized carbons (Fsp3) is 0.350. The number of imidazole rings is 1. The number of carbonyl (C=O) groups is 2. The van der Waals surface area contributed by atoms with Crippen LogP contribution in [0.15, 0.2) is 30.7 Å². The number of aromatic nitrogens is 4. The van der Waals surface area contributed by atoms with Gasteiger partial charge in [-0.2, -0.15) is 18.3 Å². The van der Waals surface area contributed by atoms with Crippen LogP contribution in [0, 0.1) is 0 Å². The van der Waals surface area contributed by atoms with E-state index in [4.69, 9.17) is 16.3 Å². The van der Waals surface area contributed by atoms with Gasteiger partial charge in [0.05, 0.1) is 11.6 Å². The average molecular weight is 481 g/mol. The Morgan fingerprint density at radius 2 is 2.00 bits per heavy atom. The molecular weight excluding hydrogens is 465 g/mol. The molecule has 2 N–H and O–H groups in total. The number of fused-ring (bicyclic) bond motifs is 1. The molecule has 5 rings (SSSR count). The van der Waals surface area contributed by atoms with Gasteiger partial charge in [-0.3, -0.25) is 15.1 Å².